The molecule has 0 aromatic carbocycles. The van der Waals surface area contributed by atoms with Gasteiger partial charge >= 0.3 is 0 Å². The molecular weight excluding hydrogens is 238 g/mol. The topological polar surface area (TPSA) is 45.5 Å². The van der Waals surface area contributed by atoms with Crippen molar-refractivity contribution >= 4 is 11.5 Å². The Labute approximate surface area is 113 Å². The fourth-order valence-electron chi connectivity index (χ4n) is 2.25. The lowest BCUT2D eigenvalue weighted by molar-refractivity contribution is 0.445. The van der Waals surface area contributed by atoms with Crippen molar-refractivity contribution in [3.8, 4) is 0 Å². The van der Waals surface area contributed by atoms with Crippen molar-refractivity contribution in [1.29, 1.82) is 0 Å². The maximum atomic E-state index is 4.65. The molecule has 0 radical (unpaired) electrons. The minimum Gasteiger partial charge on any atom is -0.352 e. The first-order chi connectivity index (χ1) is 8.97. The van der Waals surface area contributed by atoms with E-state index in [1.807, 2.05) is 23.8 Å². The fourth-order valence-corrected chi connectivity index (χ4v) is 2.25. The molecule has 102 valence electrons. The zero-order valence-corrected chi connectivity index (χ0v) is 12.0. The second kappa shape index (κ2) is 4.20. The summed E-state index contributed by atoms with van der Waals surface area (Å²) in [4.78, 5) is 6.90. The molecule has 0 bridgehead atoms. The highest BCUT2D eigenvalue weighted by Gasteiger charge is 2.26. The third-order valence-electron chi connectivity index (χ3n) is 3.69. The van der Waals surface area contributed by atoms with E-state index in [0.717, 1.165) is 30.2 Å². The largest absolute Gasteiger partial charge is 0.352 e. The number of fused-ring (bicyclic) bond motifs is 1. The van der Waals surface area contributed by atoms with Gasteiger partial charge in [0.1, 0.15) is 5.82 Å². The quantitative estimate of drug-likeness (QED) is 0.886. The van der Waals surface area contributed by atoms with E-state index in [0.29, 0.717) is 6.04 Å². The Morgan fingerprint density at radius 3 is 2.63 bits per heavy atom. The molecule has 0 amide bonds. The molecule has 0 unspecified atom stereocenters. The molecule has 1 aliphatic heterocycles. The van der Waals surface area contributed by atoms with E-state index in [1.165, 1.54) is 0 Å². The van der Waals surface area contributed by atoms with Crippen LogP contribution in [0.2, 0.25) is 0 Å². The molecule has 2 aromatic rings. The molecule has 1 fully saturated rings. The molecule has 5 nitrogen and oxygen atoms in total. The lowest BCUT2D eigenvalue weighted by Gasteiger charge is -2.39. The number of likely N-dealkylation sites (N-methyl/N-ethyl adjacent to an activating group) is 1. The Kier molecular flexibility index (Phi) is 2.74. The Morgan fingerprint density at radius 1 is 1.26 bits per heavy atom. The van der Waals surface area contributed by atoms with Gasteiger partial charge in [-0.3, -0.25) is 0 Å². The SMILES string of the molecule is CNC1CN(c2ccc3nc(C(C)(C)C)cn3n2)C1. The molecule has 5 heteroatoms. The summed E-state index contributed by atoms with van der Waals surface area (Å²) in [5.41, 5.74) is 2.05. The molecule has 0 spiro atoms. The summed E-state index contributed by atoms with van der Waals surface area (Å²) in [6.07, 6.45) is 2.04. The van der Waals surface area contributed by atoms with E-state index in [1.54, 1.807) is 0 Å². The summed E-state index contributed by atoms with van der Waals surface area (Å²) < 4.78 is 1.89. The highest BCUT2D eigenvalue weighted by molar-refractivity contribution is 5.49. The Balaban J connectivity index is 1.89. The number of rotatable bonds is 2. The first kappa shape index (κ1) is 12.4. The average Bonchev–Trinajstić information content (AvgIpc) is 2.70. The van der Waals surface area contributed by atoms with Crippen LogP contribution in [0.5, 0.6) is 0 Å². The van der Waals surface area contributed by atoms with Gasteiger partial charge in [0.05, 0.1) is 11.9 Å². The summed E-state index contributed by atoms with van der Waals surface area (Å²) in [7, 11) is 2.00. The normalized spacial score (nSPS) is 16.9. The van der Waals surface area contributed by atoms with E-state index in [4.69, 9.17) is 0 Å². The van der Waals surface area contributed by atoms with Crippen molar-refractivity contribution < 1.29 is 0 Å². The van der Waals surface area contributed by atoms with Gasteiger partial charge < -0.3 is 10.2 Å². The molecule has 0 saturated carbocycles. The zero-order valence-electron chi connectivity index (χ0n) is 12.0. The molecule has 0 aliphatic carbocycles. The molecule has 3 rings (SSSR count). The van der Waals surface area contributed by atoms with Crippen LogP contribution >= 0.6 is 0 Å². The lowest BCUT2D eigenvalue weighted by atomic mass is 9.93. The lowest BCUT2D eigenvalue weighted by Crippen LogP contribution is -2.57. The number of hydrogen-bond acceptors (Lipinski definition) is 4. The third-order valence-corrected chi connectivity index (χ3v) is 3.69. The number of nitrogens with one attached hydrogen (secondary N) is 1. The molecule has 1 N–H and O–H groups in total. The maximum Gasteiger partial charge on any atom is 0.153 e. The van der Waals surface area contributed by atoms with Crippen LogP contribution in [0.25, 0.3) is 5.65 Å². The third kappa shape index (κ3) is 2.18. The van der Waals surface area contributed by atoms with Crippen LogP contribution in [0.15, 0.2) is 18.3 Å². The Hall–Kier alpha value is -1.62. The van der Waals surface area contributed by atoms with Crippen LogP contribution in [0, 0.1) is 0 Å². The van der Waals surface area contributed by atoms with Crippen molar-refractivity contribution in [2.75, 3.05) is 25.0 Å². The van der Waals surface area contributed by atoms with Crippen LogP contribution in [-0.4, -0.2) is 40.8 Å². The summed E-state index contributed by atoms with van der Waals surface area (Å²) in [5, 5.41) is 7.93. The first-order valence-electron chi connectivity index (χ1n) is 6.76. The van der Waals surface area contributed by atoms with Crippen LogP contribution < -0.4 is 10.2 Å². The van der Waals surface area contributed by atoms with Crippen molar-refractivity contribution in [3.05, 3.63) is 24.0 Å². The van der Waals surface area contributed by atoms with Crippen LogP contribution in [0.1, 0.15) is 26.5 Å². The number of imidazole rings is 1. The molecule has 1 aliphatic rings. The first-order valence-corrected chi connectivity index (χ1v) is 6.76. The molecule has 2 aromatic heterocycles. The maximum absolute atomic E-state index is 4.65. The Morgan fingerprint density at radius 2 is 2.00 bits per heavy atom. The zero-order chi connectivity index (χ0) is 13.6. The highest BCUT2D eigenvalue weighted by atomic mass is 15.4. The second-order valence-electron chi connectivity index (χ2n) is 6.26. The van der Waals surface area contributed by atoms with Gasteiger partial charge in [-0.15, -0.1) is 5.10 Å². The Bertz CT molecular complexity index is 589. The van der Waals surface area contributed by atoms with Gasteiger partial charge in [0.25, 0.3) is 0 Å². The average molecular weight is 259 g/mol. The summed E-state index contributed by atoms with van der Waals surface area (Å²) in [6, 6.07) is 4.69. The number of nitrogens with zero attached hydrogens (tertiary/aromatic N) is 4. The van der Waals surface area contributed by atoms with Gasteiger partial charge in [0.2, 0.25) is 0 Å². The van der Waals surface area contributed by atoms with Gasteiger partial charge in [-0.1, -0.05) is 20.8 Å². The summed E-state index contributed by atoms with van der Waals surface area (Å²) in [5.74, 6) is 1.02. The number of aromatic nitrogens is 3. The van der Waals surface area contributed by atoms with Crippen molar-refractivity contribution in [2.45, 2.75) is 32.2 Å². The van der Waals surface area contributed by atoms with E-state index in [-0.39, 0.29) is 5.41 Å². The molecule has 19 heavy (non-hydrogen) atoms. The van der Waals surface area contributed by atoms with Gasteiger partial charge in [0.15, 0.2) is 5.65 Å². The summed E-state index contributed by atoms with van der Waals surface area (Å²) in [6.45, 7) is 8.56. The predicted octanol–water partition coefficient (Wildman–Crippen LogP) is 1.43. The molecule has 3 heterocycles. The van der Waals surface area contributed by atoms with Crippen LogP contribution in [0.4, 0.5) is 5.82 Å². The minimum atomic E-state index is 0.0574. The van der Waals surface area contributed by atoms with E-state index >= 15 is 0 Å². The smallest absolute Gasteiger partial charge is 0.153 e. The van der Waals surface area contributed by atoms with Crippen molar-refractivity contribution in [1.82, 2.24) is 19.9 Å². The van der Waals surface area contributed by atoms with Crippen LogP contribution in [-0.2, 0) is 5.41 Å². The second-order valence-corrected chi connectivity index (χ2v) is 6.26. The van der Waals surface area contributed by atoms with E-state index in [9.17, 15) is 0 Å². The molecular formula is C14H21N5. The highest BCUT2D eigenvalue weighted by Crippen LogP contribution is 2.23. The van der Waals surface area contributed by atoms with E-state index < -0.39 is 0 Å². The van der Waals surface area contributed by atoms with Crippen LogP contribution in [0.3, 0.4) is 0 Å². The monoisotopic (exact) mass is 259 g/mol. The van der Waals surface area contributed by atoms with Crippen molar-refractivity contribution in [3.63, 3.8) is 0 Å². The number of hydrogen-bond donors (Lipinski definition) is 1. The van der Waals surface area contributed by atoms with Crippen molar-refractivity contribution in [2.24, 2.45) is 0 Å². The summed E-state index contributed by atoms with van der Waals surface area (Å²) >= 11 is 0. The van der Waals surface area contributed by atoms with Gasteiger partial charge in [-0.05, 0) is 19.2 Å². The standard InChI is InChI=1S/C14H21N5/c1-14(2,3)11-9-19-12(16-11)5-6-13(17-19)18-7-10(8-18)15-4/h5-6,9-10,15H,7-8H2,1-4H3. The number of anilines is 1. The predicted molar refractivity (Wildman–Crippen MR) is 76.7 cm³/mol. The minimum absolute atomic E-state index is 0.0574. The molecule has 0 atom stereocenters. The van der Waals surface area contributed by atoms with Gasteiger partial charge in [0, 0.05) is 24.5 Å². The fraction of sp³-hybridized carbons (Fsp3) is 0.571. The van der Waals surface area contributed by atoms with Gasteiger partial charge in [-0.2, -0.15) is 0 Å². The molecule has 1 saturated heterocycles. The van der Waals surface area contributed by atoms with E-state index in [2.05, 4.69) is 47.1 Å². The van der Waals surface area contributed by atoms with Gasteiger partial charge in [-0.25, -0.2) is 9.50 Å².